The van der Waals surface area contributed by atoms with E-state index in [1.165, 1.54) is 10.5 Å². The van der Waals surface area contributed by atoms with Crippen molar-refractivity contribution in [3.8, 4) is 0 Å². The van der Waals surface area contributed by atoms with Gasteiger partial charge in [0, 0.05) is 13.1 Å². The highest BCUT2D eigenvalue weighted by molar-refractivity contribution is 7.89. The molecule has 0 unspecified atom stereocenters. The molecule has 0 atom stereocenters. The van der Waals surface area contributed by atoms with Crippen molar-refractivity contribution in [2.45, 2.75) is 38.1 Å². The monoisotopic (exact) mass is 315 g/mol. The number of piperidine rings is 1. The van der Waals surface area contributed by atoms with Crippen LogP contribution in [-0.2, 0) is 14.8 Å². The van der Waals surface area contributed by atoms with Crippen molar-refractivity contribution in [2.75, 3.05) is 19.7 Å². The zero-order chi connectivity index (χ0) is 15.5. The van der Waals surface area contributed by atoms with Gasteiger partial charge in [-0.1, -0.05) is 13.3 Å². The molecule has 0 amide bonds. The van der Waals surface area contributed by atoms with E-state index in [1.807, 2.05) is 0 Å². The van der Waals surface area contributed by atoms with Crippen molar-refractivity contribution in [1.82, 2.24) is 14.5 Å². The van der Waals surface area contributed by atoms with Crippen LogP contribution in [-0.4, -0.2) is 48.6 Å². The molecule has 7 nitrogen and oxygen atoms in total. The molecule has 1 aromatic heterocycles. The second-order valence-electron chi connectivity index (χ2n) is 5.09. The lowest BCUT2D eigenvalue weighted by Gasteiger charge is -2.30. The van der Waals surface area contributed by atoms with Crippen molar-refractivity contribution in [1.29, 1.82) is 0 Å². The maximum absolute atomic E-state index is 12.6. The van der Waals surface area contributed by atoms with E-state index in [-0.39, 0.29) is 17.2 Å². The number of ether oxygens (including phenoxy) is 1. The molecule has 1 aliphatic heterocycles. The molecule has 1 fully saturated rings. The highest BCUT2D eigenvalue weighted by atomic mass is 32.2. The van der Waals surface area contributed by atoms with Gasteiger partial charge >= 0.3 is 5.97 Å². The predicted octanol–water partition coefficient (Wildman–Crippen LogP) is 1.40. The minimum atomic E-state index is -3.73. The van der Waals surface area contributed by atoms with Crippen LogP contribution in [0.5, 0.6) is 0 Å². The maximum atomic E-state index is 12.6. The topological polar surface area (TPSA) is 92.4 Å². The quantitative estimate of drug-likeness (QED) is 0.829. The molecule has 0 aliphatic carbocycles. The molecular formula is C13H21N3O4S. The molecule has 1 saturated heterocycles. The fraction of sp³-hybridized carbons (Fsp3) is 0.692. The summed E-state index contributed by atoms with van der Waals surface area (Å²) < 4.78 is 31.5. The number of nitrogens with one attached hydrogen (secondary N) is 1. The van der Waals surface area contributed by atoms with Crippen molar-refractivity contribution in [2.24, 2.45) is 5.92 Å². The molecule has 118 valence electrons. The molecule has 0 spiro atoms. The Balaban J connectivity index is 2.21. The van der Waals surface area contributed by atoms with Gasteiger partial charge < -0.3 is 4.74 Å². The van der Waals surface area contributed by atoms with Gasteiger partial charge in [0.15, 0.2) is 5.03 Å². The average Bonchev–Trinajstić information content (AvgIpc) is 2.98. The summed E-state index contributed by atoms with van der Waals surface area (Å²) in [7, 11) is -3.73. The van der Waals surface area contributed by atoms with Gasteiger partial charge in [0.05, 0.1) is 12.8 Å². The standard InChI is InChI=1S/C13H21N3O4S/c1-3-10-5-7-16(8-6-10)21(18,19)12-11(9-14-15-12)13(17)20-4-2/h9-10H,3-8H2,1-2H3,(H,14,15). The van der Waals surface area contributed by atoms with Crippen molar-refractivity contribution in [3.05, 3.63) is 11.8 Å². The third-order valence-corrected chi connectivity index (χ3v) is 5.72. The summed E-state index contributed by atoms with van der Waals surface area (Å²) in [4.78, 5) is 11.8. The van der Waals surface area contributed by atoms with Crippen LogP contribution < -0.4 is 0 Å². The summed E-state index contributed by atoms with van der Waals surface area (Å²) in [5, 5.41) is 5.94. The van der Waals surface area contributed by atoms with E-state index in [9.17, 15) is 13.2 Å². The Kier molecular flexibility index (Phi) is 5.00. The summed E-state index contributed by atoms with van der Waals surface area (Å²) in [5.74, 6) is -0.101. The lowest BCUT2D eigenvalue weighted by Crippen LogP contribution is -2.39. The zero-order valence-electron chi connectivity index (χ0n) is 12.3. The summed E-state index contributed by atoms with van der Waals surface area (Å²) in [6.45, 7) is 4.92. The average molecular weight is 315 g/mol. The number of hydrogen-bond donors (Lipinski definition) is 1. The SMILES string of the molecule is CCOC(=O)c1cn[nH]c1S(=O)(=O)N1CCC(CC)CC1. The fourth-order valence-electron chi connectivity index (χ4n) is 2.51. The Morgan fingerprint density at radius 2 is 2.10 bits per heavy atom. The van der Waals surface area contributed by atoms with E-state index >= 15 is 0 Å². The molecular weight excluding hydrogens is 294 g/mol. The van der Waals surface area contributed by atoms with Crippen LogP contribution in [0.15, 0.2) is 11.2 Å². The normalized spacial score (nSPS) is 17.8. The number of carbonyl (C=O) groups excluding carboxylic acids is 1. The lowest BCUT2D eigenvalue weighted by molar-refractivity contribution is 0.0521. The van der Waals surface area contributed by atoms with Gasteiger partial charge in [-0.2, -0.15) is 9.40 Å². The third-order valence-electron chi connectivity index (χ3n) is 3.85. The predicted molar refractivity (Wildman–Crippen MR) is 76.3 cm³/mol. The number of rotatable bonds is 5. The minimum absolute atomic E-state index is 0.0329. The number of sulfonamides is 1. The Morgan fingerprint density at radius 3 is 2.67 bits per heavy atom. The number of hydrogen-bond acceptors (Lipinski definition) is 5. The van der Waals surface area contributed by atoms with Crippen LogP contribution >= 0.6 is 0 Å². The molecule has 0 bridgehead atoms. The number of nitrogens with zero attached hydrogens (tertiary/aromatic N) is 2. The summed E-state index contributed by atoms with van der Waals surface area (Å²) >= 11 is 0. The summed E-state index contributed by atoms with van der Waals surface area (Å²) in [6.07, 6.45) is 3.95. The van der Waals surface area contributed by atoms with E-state index in [1.54, 1.807) is 6.92 Å². The van der Waals surface area contributed by atoms with E-state index in [2.05, 4.69) is 17.1 Å². The maximum Gasteiger partial charge on any atom is 0.342 e. The zero-order valence-corrected chi connectivity index (χ0v) is 13.1. The van der Waals surface area contributed by atoms with Gasteiger partial charge in [0.25, 0.3) is 10.0 Å². The largest absolute Gasteiger partial charge is 0.462 e. The highest BCUT2D eigenvalue weighted by Crippen LogP contribution is 2.26. The summed E-state index contributed by atoms with van der Waals surface area (Å²) in [5.41, 5.74) is -0.0329. The van der Waals surface area contributed by atoms with Crippen LogP contribution in [0.25, 0.3) is 0 Å². The molecule has 1 aliphatic rings. The second kappa shape index (κ2) is 6.57. The first-order chi connectivity index (χ1) is 10.0. The van der Waals surface area contributed by atoms with Crippen LogP contribution in [0.3, 0.4) is 0 Å². The lowest BCUT2D eigenvalue weighted by atomic mass is 9.96. The molecule has 21 heavy (non-hydrogen) atoms. The number of aromatic amines is 1. The van der Waals surface area contributed by atoms with Crippen LogP contribution in [0.4, 0.5) is 0 Å². The van der Waals surface area contributed by atoms with Crippen LogP contribution in [0, 0.1) is 5.92 Å². The first-order valence-electron chi connectivity index (χ1n) is 7.21. The summed E-state index contributed by atoms with van der Waals surface area (Å²) in [6, 6.07) is 0. The Bertz CT molecular complexity index is 588. The molecule has 0 radical (unpaired) electrons. The Morgan fingerprint density at radius 1 is 1.43 bits per heavy atom. The first kappa shape index (κ1) is 16.0. The number of aromatic nitrogens is 2. The molecule has 1 aromatic rings. The van der Waals surface area contributed by atoms with Gasteiger partial charge in [0.1, 0.15) is 5.56 Å². The first-order valence-corrected chi connectivity index (χ1v) is 8.65. The van der Waals surface area contributed by atoms with E-state index in [4.69, 9.17) is 4.74 Å². The Labute approximate surface area is 124 Å². The van der Waals surface area contributed by atoms with Gasteiger partial charge in [-0.15, -0.1) is 0 Å². The molecule has 2 heterocycles. The van der Waals surface area contributed by atoms with Crippen molar-refractivity contribution in [3.63, 3.8) is 0 Å². The number of H-pyrrole nitrogens is 1. The van der Waals surface area contributed by atoms with E-state index < -0.39 is 16.0 Å². The Hall–Kier alpha value is -1.41. The van der Waals surface area contributed by atoms with Gasteiger partial charge in [-0.3, -0.25) is 5.10 Å². The van der Waals surface area contributed by atoms with E-state index in [0.717, 1.165) is 19.3 Å². The number of carbonyl (C=O) groups is 1. The molecule has 1 N–H and O–H groups in total. The molecule has 8 heteroatoms. The van der Waals surface area contributed by atoms with Crippen LogP contribution in [0.1, 0.15) is 43.5 Å². The van der Waals surface area contributed by atoms with Gasteiger partial charge in [0.2, 0.25) is 0 Å². The molecule has 0 aromatic carbocycles. The van der Waals surface area contributed by atoms with Crippen molar-refractivity contribution >= 4 is 16.0 Å². The van der Waals surface area contributed by atoms with Crippen molar-refractivity contribution < 1.29 is 17.9 Å². The fourth-order valence-corrected chi connectivity index (χ4v) is 4.04. The van der Waals surface area contributed by atoms with E-state index in [0.29, 0.717) is 19.0 Å². The molecule has 2 rings (SSSR count). The smallest absolute Gasteiger partial charge is 0.342 e. The van der Waals surface area contributed by atoms with Gasteiger partial charge in [-0.25, -0.2) is 13.2 Å². The second-order valence-corrected chi connectivity index (χ2v) is 6.96. The molecule has 0 saturated carbocycles. The highest BCUT2D eigenvalue weighted by Gasteiger charge is 2.33. The number of esters is 1. The third kappa shape index (κ3) is 3.26. The minimum Gasteiger partial charge on any atom is -0.462 e. The van der Waals surface area contributed by atoms with Gasteiger partial charge in [-0.05, 0) is 25.7 Å². The van der Waals surface area contributed by atoms with Crippen LogP contribution in [0.2, 0.25) is 0 Å².